The standard InChI is InChI=1S/C26H41N3O4/c1-4-16-29(17-8-6-5-7-14-27-15-13-22-19-25(30)28-33-22)21-10-11-23-20(18-21)9-12-24(31-2)26(23)32-3/h9,12,19,21,27H,4-8,10-11,13-18H2,1-3H3,(H,28,30). The zero-order chi connectivity index (χ0) is 23.5. The Bertz CT molecular complexity index is 892. The summed E-state index contributed by atoms with van der Waals surface area (Å²) in [6, 6.07) is 6.41. The number of nitrogens with one attached hydrogen (secondary N) is 2. The summed E-state index contributed by atoms with van der Waals surface area (Å²) in [5.41, 5.74) is 2.57. The van der Waals surface area contributed by atoms with Gasteiger partial charge in [-0.2, -0.15) is 5.16 Å². The summed E-state index contributed by atoms with van der Waals surface area (Å²) in [6.07, 6.45) is 10.2. The van der Waals surface area contributed by atoms with Crippen molar-refractivity contribution >= 4 is 0 Å². The minimum atomic E-state index is -0.167. The molecule has 7 nitrogen and oxygen atoms in total. The molecule has 0 saturated carbocycles. The Kier molecular flexibility index (Phi) is 10.3. The number of aromatic amines is 1. The van der Waals surface area contributed by atoms with E-state index in [1.54, 1.807) is 14.2 Å². The van der Waals surface area contributed by atoms with Crippen LogP contribution in [0.1, 0.15) is 62.3 Å². The van der Waals surface area contributed by atoms with Crippen LogP contribution >= 0.6 is 0 Å². The molecular weight excluding hydrogens is 418 g/mol. The average molecular weight is 460 g/mol. The van der Waals surface area contributed by atoms with Crippen LogP contribution in [0.25, 0.3) is 0 Å². The maximum atomic E-state index is 11.0. The molecule has 1 unspecified atom stereocenters. The van der Waals surface area contributed by atoms with Crippen LogP contribution < -0.4 is 20.3 Å². The number of aromatic nitrogens is 1. The number of unbranched alkanes of at least 4 members (excludes halogenated alkanes) is 3. The fraction of sp³-hybridized carbons (Fsp3) is 0.654. The normalized spacial score (nSPS) is 15.6. The summed E-state index contributed by atoms with van der Waals surface area (Å²) in [4.78, 5) is 13.7. The summed E-state index contributed by atoms with van der Waals surface area (Å²) < 4.78 is 16.2. The van der Waals surface area contributed by atoms with Gasteiger partial charge in [0.05, 0.1) is 14.2 Å². The highest BCUT2D eigenvalue weighted by atomic mass is 16.5. The molecular formula is C26H41N3O4. The van der Waals surface area contributed by atoms with Crippen molar-refractivity contribution in [2.45, 2.75) is 70.8 Å². The van der Waals surface area contributed by atoms with Gasteiger partial charge in [-0.15, -0.1) is 0 Å². The molecule has 184 valence electrons. The minimum absolute atomic E-state index is 0.167. The highest BCUT2D eigenvalue weighted by Crippen LogP contribution is 2.38. The summed E-state index contributed by atoms with van der Waals surface area (Å²) in [6.45, 7) is 6.48. The number of fused-ring (bicyclic) bond motifs is 1. The Morgan fingerprint density at radius 2 is 1.97 bits per heavy atom. The van der Waals surface area contributed by atoms with Crippen LogP contribution in [0.4, 0.5) is 0 Å². The van der Waals surface area contributed by atoms with Gasteiger partial charge in [0.2, 0.25) is 0 Å². The number of benzene rings is 1. The first-order valence-corrected chi connectivity index (χ1v) is 12.5. The van der Waals surface area contributed by atoms with Gasteiger partial charge >= 0.3 is 0 Å². The highest BCUT2D eigenvalue weighted by Gasteiger charge is 2.27. The van der Waals surface area contributed by atoms with Crippen molar-refractivity contribution in [3.8, 4) is 11.5 Å². The van der Waals surface area contributed by atoms with Crippen LogP contribution in [-0.4, -0.2) is 56.5 Å². The van der Waals surface area contributed by atoms with E-state index in [-0.39, 0.29) is 5.56 Å². The van der Waals surface area contributed by atoms with Crippen molar-refractivity contribution in [1.29, 1.82) is 0 Å². The van der Waals surface area contributed by atoms with Gasteiger partial charge in [0, 0.05) is 30.6 Å². The number of methoxy groups -OCH3 is 2. The third-order valence-corrected chi connectivity index (χ3v) is 6.63. The van der Waals surface area contributed by atoms with Crippen LogP contribution in [-0.2, 0) is 19.3 Å². The molecule has 1 aromatic heterocycles. The predicted octanol–water partition coefficient (Wildman–Crippen LogP) is 3.95. The number of H-pyrrole nitrogens is 1. The zero-order valence-corrected chi connectivity index (χ0v) is 20.6. The lowest BCUT2D eigenvalue weighted by molar-refractivity contribution is 0.175. The molecule has 0 saturated heterocycles. The van der Waals surface area contributed by atoms with Gasteiger partial charge < -0.3 is 24.2 Å². The first-order valence-electron chi connectivity index (χ1n) is 12.5. The Morgan fingerprint density at radius 3 is 2.70 bits per heavy atom. The first-order chi connectivity index (χ1) is 16.2. The number of hydrogen-bond donors (Lipinski definition) is 2. The van der Waals surface area contributed by atoms with E-state index in [0.717, 1.165) is 43.9 Å². The molecule has 1 aliphatic carbocycles. The monoisotopic (exact) mass is 459 g/mol. The second-order valence-electron chi connectivity index (χ2n) is 8.96. The Hall–Kier alpha value is -2.25. The average Bonchev–Trinajstić information content (AvgIpc) is 3.25. The number of nitrogens with zero attached hydrogens (tertiary/aromatic N) is 1. The maximum Gasteiger partial charge on any atom is 0.280 e. The molecule has 2 aromatic rings. The second kappa shape index (κ2) is 13.5. The van der Waals surface area contributed by atoms with Gasteiger partial charge in [-0.3, -0.25) is 4.79 Å². The summed E-state index contributed by atoms with van der Waals surface area (Å²) in [7, 11) is 3.45. The molecule has 7 heteroatoms. The van der Waals surface area contributed by atoms with E-state index in [1.165, 1.54) is 68.8 Å². The number of rotatable bonds is 15. The van der Waals surface area contributed by atoms with Crippen molar-refractivity contribution in [3.05, 3.63) is 45.4 Å². The third-order valence-electron chi connectivity index (χ3n) is 6.63. The molecule has 0 radical (unpaired) electrons. The van der Waals surface area contributed by atoms with E-state index in [9.17, 15) is 4.79 Å². The van der Waals surface area contributed by atoms with Gasteiger partial charge in [-0.05, 0) is 69.8 Å². The molecule has 0 aliphatic heterocycles. The quantitative estimate of drug-likeness (QED) is 0.393. The van der Waals surface area contributed by atoms with Crippen LogP contribution in [0.5, 0.6) is 11.5 Å². The molecule has 3 rings (SSSR count). The van der Waals surface area contributed by atoms with Gasteiger partial charge in [0.15, 0.2) is 11.5 Å². The summed E-state index contributed by atoms with van der Waals surface area (Å²) >= 11 is 0. The minimum Gasteiger partial charge on any atom is -0.493 e. The number of ether oxygens (including phenoxy) is 2. The van der Waals surface area contributed by atoms with E-state index in [1.807, 2.05) is 6.07 Å². The van der Waals surface area contributed by atoms with Crippen molar-refractivity contribution in [2.75, 3.05) is 40.4 Å². The smallest absolute Gasteiger partial charge is 0.280 e. The van der Waals surface area contributed by atoms with Gasteiger partial charge in [0.25, 0.3) is 5.56 Å². The summed E-state index contributed by atoms with van der Waals surface area (Å²) in [5.74, 6) is 2.47. The molecule has 2 N–H and O–H groups in total. The van der Waals surface area contributed by atoms with E-state index >= 15 is 0 Å². The van der Waals surface area contributed by atoms with Crippen LogP contribution in [0.2, 0.25) is 0 Å². The first kappa shape index (κ1) is 25.4. The topological polar surface area (TPSA) is 79.7 Å². The van der Waals surface area contributed by atoms with Crippen molar-refractivity contribution < 1.29 is 14.0 Å². The molecule has 0 bridgehead atoms. The lowest BCUT2D eigenvalue weighted by Gasteiger charge is -2.36. The summed E-state index contributed by atoms with van der Waals surface area (Å²) in [5, 5.41) is 5.76. The highest BCUT2D eigenvalue weighted by molar-refractivity contribution is 5.52. The molecule has 1 heterocycles. The zero-order valence-electron chi connectivity index (χ0n) is 20.6. The van der Waals surface area contributed by atoms with Crippen LogP contribution in [0, 0.1) is 0 Å². The Labute approximate surface area is 197 Å². The fourth-order valence-electron chi connectivity index (χ4n) is 4.94. The Morgan fingerprint density at radius 1 is 1.12 bits per heavy atom. The fourth-order valence-corrected chi connectivity index (χ4v) is 4.94. The van der Waals surface area contributed by atoms with E-state index < -0.39 is 0 Å². The van der Waals surface area contributed by atoms with Crippen molar-refractivity contribution in [3.63, 3.8) is 0 Å². The Balaban J connectivity index is 1.35. The van der Waals surface area contributed by atoms with E-state index in [0.29, 0.717) is 11.8 Å². The van der Waals surface area contributed by atoms with Crippen LogP contribution in [0.15, 0.2) is 27.5 Å². The largest absolute Gasteiger partial charge is 0.493 e. The van der Waals surface area contributed by atoms with Gasteiger partial charge in [-0.1, -0.05) is 25.8 Å². The number of hydrogen-bond acceptors (Lipinski definition) is 6. The molecule has 33 heavy (non-hydrogen) atoms. The lowest BCUT2D eigenvalue weighted by atomic mass is 9.86. The predicted molar refractivity (Wildman–Crippen MR) is 132 cm³/mol. The van der Waals surface area contributed by atoms with E-state index in [4.69, 9.17) is 14.0 Å². The molecule has 0 spiro atoms. The van der Waals surface area contributed by atoms with Crippen molar-refractivity contribution in [2.24, 2.45) is 0 Å². The SMILES string of the molecule is CCCN(CCCCCCNCCc1cc(=O)[nH]o1)C1CCc2c(ccc(OC)c2OC)C1. The van der Waals surface area contributed by atoms with Crippen molar-refractivity contribution in [1.82, 2.24) is 15.4 Å². The lowest BCUT2D eigenvalue weighted by Crippen LogP contribution is -2.40. The van der Waals surface area contributed by atoms with Crippen LogP contribution in [0.3, 0.4) is 0 Å². The van der Waals surface area contributed by atoms with Gasteiger partial charge in [0.1, 0.15) is 5.76 Å². The molecule has 0 amide bonds. The molecule has 1 aliphatic rings. The third kappa shape index (κ3) is 7.37. The molecule has 1 aromatic carbocycles. The van der Waals surface area contributed by atoms with E-state index in [2.05, 4.69) is 28.4 Å². The molecule has 1 atom stereocenters. The molecule has 0 fully saturated rings. The second-order valence-corrected chi connectivity index (χ2v) is 8.96. The van der Waals surface area contributed by atoms with Gasteiger partial charge in [-0.25, -0.2) is 0 Å². The maximum absolute atomic E-state index is 11.0.